The zero-order valence-corrected chi connectivity index (χ0v) is 8.77. The van der Waals surface area contributed by atoms with Gasteiger partial charge in [0.25, 0.3) is 0 Å². The van der Waals surface area contributed by atoms with E-state index in [1.807, 2.05) is 0 Å². The Bertz CT molecular complexity index is 133. The molecule has 0 saturated carbocycles. The van der Waals surface area contributed by atoms with Gasteiger partial charge in [-0.05, 0) is 13.8 Å². The van der Waals surface area contributed by atoms with E-state index in [0.29, 0.717) is 0 Å². The van der Waals surface area contributed by atoms with Crippen LogP contribution < -0.4 is 5.73 Å². The molecular formula is C10H23N2+. The summed E-state index contributed by atoms with van der Waals surface area (Å²) in [4.78, 5) is 0. The normalized spacial score (nSPS) is 11.7. The van der Waals surface area contributed by atoms with Crippen molar-refractivity contribution in [1.29, 1.82) is 0 Å². The summed E-state index contributed by atoms with van der Waals surface area (Å²) in [5.74, 6) is 0. The van der Waals surface area contributed by atoms with Gasteiger partial charge in [-0.2, -0.15) is 0 Å². The minimum Gasteiger partial charge on any atom is -0.325 e. The summed E-state index contributed by atoms with van der Waals surface area (Å²) in [6.45, 7) is 12.4. The highest BCUT2D eigenvalue weighted by atomic mass is 15.0. The molecule has 72 valence electrons. The van der Waals surface area contributed by atoms with E-state index in [4.69, 9.17) is 5.73 Å². The maximum absolute atomic E-state index is 5.86. The van der Waals surface area contributed by atoms with Crippen molar-refractivity contribution >= 4 is 6.72 Å². The molecule has 0 aliphatic heterocycles. The first-order valence-corrected chi connectivity index (χ1v) is 4.80. The molecule has 0 saturated heterocycles. The molecule has 0 atom stereocenters. The number of hydrogen-bond donors (Lipinski definition) is 1. The summed E-state index contributed by atoms with van der Waals surface area (Å²) < 4.78 is 2.11. The minimum absolute atomic E-state index is 0.0534. The lowest BCUT2D eigenvalue weighted by Crippen LogP contribution is -2.35. The molecule has 2 N–H and O–H groups in total. The predicted octanol–water partition coefficient (Wildman–Crippen LogP) is 1.63. The fraction of sp³-hybridized carbons (Fsp3) is 0.900. The second kappa shape index (κ2) is 5.31. The Hall–Kier alpha value is -0.370. The van der Waals surface area contributed by atoms with Crippen LogP contribution in [0.15, 0.2) is 0 Å². The Morgan fingerprint density at radius 1 is 1.33 bits per heavy atom. The van der Waals surface area contributed by atoms with Gasteiger partial charge in [0.1, 0.15) is 19.8 Å². The Kier molecular flexibility index (Phi) is 5.14. The lowest BCUT2D eigenvalue weighted by atomic mass is 10.0. The van der Waals surface area contributed by atoms with E-state index in [-0.39, 0.29) is 5.54 Å². The molecule has 0 fully saturated rings. The van der Waals surface area contributed by atoms with E-state index in [2.05, 4.69) is 32.1 Å². The van der Waals surface area contributed by atoms with Crippen LogP contribution in [0.4, 0.5) is 0 Å². The molecule has 0 radical (unpaired) electrons. The lowest BCUT2D eigenvalue weighted by Gasteiger charge is -2.16. The van der Waals surface area contributed by atoms with Gasteiger partial charge in [-0.1, -0.05) is 13.3 Å². The minimum atomic E-state index is -0.0534. The number of rotatable bonds is 6. The first-order chi connectivity index (χ1) is 5.45. The number of unbranched alkanes of at least 4 members (excludes halogenated alkanes) is 1. The lowest BCUT2D eigenvalue weighted by molar-refractivity contribution is -0.521. The molecule has 2 heteroatoms. The first-order valence-electron chi connectivity index (χ1n) is 4.80. The van der Waals surface area contributed by atoms with Crippen LogP contribution in [-0.4, -0.2) is 29.9 Å². The second-order valence-electron chi connectivity index (χ2n) is 4.21. The average molecular weight is 171 g/mol. The van der Waals surface area contributed by atoms with E-state index in [0.717, 1.165) is 19.5 Å². The molecule has 2 nitrogen and oxygen atoms in total. The summed E-state index contributed by atoms with van der Waals surface area (Å²) in [6, 6.07) is 0. The third-order valence-corrected chi connectivity index (χ3v) is 1.90. The first kappa shape index (κ1) is 11.6. The van der Waals surface area contributed by atoms with Crippen molar-refractivity contribution in [2.75, 3.05) is 13.1 Å². The van der Waals surface area contributed by atoms with Crippen molar-refractivity contribution in [2.45, 2.75) is 45.6 Å². The van der Waals surface area contributed by atoms with Crippen LogP contribution in [0.3, 0.4) is 0 Å². The van der Waals surface area contributed by atoms with E-state index in [1.54, 1.807) is 0 Å². The molecule has 0 spiro atoms. The molecule has 0 rings (SSSR count). The Balaban J connectivity index is 3.44. The van der Waals surface area contributed by atoms with Crippen molar-refractivity contribution in [3.63, 3.8) is 0 Å². The predicted molar refractivity (Wildman–Crippen MR) is 54.9 cm³/mol. The van der Waals surface area contributed by atoms with E-state index < -0.39 is 0 Å². The van der Waals surface area contributed by atoms with Crippen LogP contribution >= 0.6 is 0 Å². The van der Waals surface area contributed by atoms with Gasteiger partial charge in [-0.15, -0.1) is 0 Å². The number of hydrogen-bond acceptors (Lipinski definition) is 1. The van der Waals surface area contributed by atoms with Gasteiger partial charge in [0, 0.05) is 18.4 Å². The molecule has 0 heterocycles. The highest BCUT2D eigenvalue weighted by molar-refractivity contribution is 5.14. The van der Waals surface area contributed by atoms with Gasteiger partial charge in [-0.25, -0.2) is 4.58 Å². The van der Waals surface area contributed by atoms with E-state index in [9.17, 15) is 0 Å². The van der Waals surface area contributed by atoms with Gasteiger partial charge >= 0.3 is 0 Å². The maximum Gasteiger partial charge on any atom is 0.144 e. The van der Waals surface area contributed by atoms with Gasteiger partial charge < -0.3 is 5.73 Å². The Labute approximate surface area is 76.5 Å². The molecule has 0 aromatic rings. The fourth-order valence-electron chi connectivity index (χ4n) is 0.940. The Morgan fingerprint density at radius 3 is 2.33 bits per heavy atom. The third kappa shape index (κ3) is 7.73. The molecule has 0 amide bonds. The largest absolute Gasteiger partial charge is 0.325 e. The van der Waals surface area contributed by atoms with E-state index in [1.165, 1.54) is 12.8 Å². The topological polar surface area (TPSA) is 29.0 Å². The molecule has 0 aromatic carbocycles. The number of nitrogens with zero attached hydrogens (tertiary/aromatic N) is 1. The number of nitrogens with two attached hydrogens (primary N) is 1. The van der Waals surface area contributed by atoms with Crippen LogP contribution in [0.2, 0.25) is 0 Å². The van der Waals surface area contributed by atoms with Gasteiger partial charge in [0.15, 0.2) is 0 Å². The third-order valence-electron chi connectivity index (χ3n) is 1.90. The van der Waals surface area contributed by atoms with Crippen molar-refractivity contribution in [3.8, 4) is 0 Å². The summed E-state index contributed by atoms with van der Waals surface area (Å²) in [5, 5.41) is 0. The summed E-state index contributed by atoms with van der Waals surface area (Å²) >= 11 is 0. The van der Waals surface area contributed by atoms with Crippen LogP contribution in [0.25, 0.3) is 0 Å². The van der Waals surface area contributed by atoms with Crippen LogP contribution in [0.5, 0.6) is 0 Å². The standard InChI is InChI=1S/C10H23N2/c1-5-6-8-12(4)9-7-10(2,3)11/h4-9,11H2,1-3H3/q+1. The SMILES string of the molecule is C=[N+](CCCC)CCC(C)(C)N. The molecule has 0 unspecified atom stereocenters. The van der Waals surface area contributed by atoms with Crippen molar-refractivity contribution in [2.24, 2.45) is 5.73 Å². The second-order valence-corrected chi connectivity index (χ2v) is 4.21. The Morgan fingerprint density at radius 2 is 1.92 bits per heavy atom. The van der Waals surface area contributed by atoms with Gasteiger partial charge in [0.2, 0.25) is 0 Å². The zero-order chi connectivity index (χ0) is 9.61. The molecule has 0 aromatic heterocycles. The van der Waals surface area contributed by atoms with Crippen molar-refractivity contribution < 1.29 is 4.58 Å². The van der Waals surface area contributed by atoms with Crippen molar-refractivity contribution in [1.82, 2.24) is 0 Å². The molecule has 12 heavy (non-hydrogen) atoms. The highest BCUT2D eigenvalue weighted by Gasteiger charge is 2.13. The molecule has 0 bridgehead atoms. The van der Waals surface area contributed by atoms with E-state index >= 15 is 0 Å². The van der Waals surface area contributed by atoms with Crippen molar-refractivity contribution in [3.05, 3.63) is 0 Å². The van der Waals surface area contributed by atoms with Gasteiger partial charge in [0.05, 0.1) is 0 Å². The molecule has 0 aliphatic carbocycles. The van der Waals surface area contributed by atoms with Crippen LogP contribution in [0.1, 0.15) is 40.0 Å². The van der Waals surface area contributed by atoms with Crippen LogP contribution in [0, 0.1) is 0 Å². The monoisotopic (exact) mass is 171 g/mol. The average Bonchev–Trinajstić information content (AvgIpc) is 1.95. The quantitative estimate of drug-likeness (QED) is 0.477. The summed E-state index contributed by atoms with van der Waals surface area (Å²) in [7, 11) is 0. The zero-order valence-electron chi connectivity index (χ0n) is 8.77. The molecule has 0 aliphatic rings. The highest BCUT2D eigenvalue weighted by Crippen LogP contribution is 2.02. The van der Waals surface area contributed by atoms with Crippen LogP contribution in [-0.2, 0) is 0 Å². The van der Waals surface area contributed by atoms with Gasteiger partial charge in [-0.3, -0.25) is 0 Å². The fourth-order valence-corrected chi connectivity index (χ4v) is 0.940. The summed E-state index contributed by atoms with van der Waals surface area (Å²) in [5.41, 5.74) is 5.80. The maximum atomic E-state index is 5.86. The smallest absolute Gasteiger partial charge is 0.144 e. The summed E-state index contributed by atoms with van der Waals surface area (Å²) in [6.07, 6.45) is 3.48. The molecular weight excluding hydrogens is 148 g/mol.